The number of carbonyl (C=O) groups excluding carboxylic acids is 1. The van der Waals surface area contributed by atoms with Crippen molar-refractivity contribution in [2.75, 3.05) is 20.7 Å². The van der Waals surface area contributed by atoms with Crippen LogP contribution < -0.4 is 10.3 Å². The highest BCUT2D eigenvalue weighted by Gasteiger charge is 2.23. The maximum atomic E-state index is 14.6. The summed E-state index contributed by atoms with van der Waals surface area (Å²) in [6, 6.07) is 7.41. The van der Waals surface area contributed by atoms with Gasteiger partial charge in [-0.2, -0.15) is 20.0 Å². The molecule has 0 unspecified atom stereocenters. The minimum Gasteiger partial charge on any atom is -0.494 e. The first kappa shape index (κ1) is 19.0. The van der Waals surface area contributed by atoms with Crippen molar-refractivity contribution >= 4 is 16.9 Å². The molecule has 0 saturated heterocycles. The number of amides is 1. The van der Waals surface area contributed by atoms with E-state index in [0.29, 0.717) is 35.4 Å². The molecule has 11 heteroatoms. The predicted octanol–water partition coefficient (Wildman–Crippen LogP) is 1.13. The number of likely N-dealkylation sites (N-methyl/N-ethyl adjacent to an activating group) is 1. The zero-order chi connectivity index (χ0) is 21.7. The van der Waals surface area contributed by atoms with E-state index in [-0.39, 0.29) is 23.9 Å². The molecule has 1 amide bonds. The fourth-order valence-electron chi connectivity index (χ4n) is 3.66. The van der Waals surface area contributed by atoms with Crippen LogP contribution in [0.3, 0.4) is 0 Å². The Morgan fingerprint density at radius 3 is 2.84 bits per heavy atom. The van der Waals surface area contributed by atoms with Crippen LogP contribution in [0.4, 0.5) is 4.39 Å². The third-order valence-corrected chi connectivity index (χ3v) is 5.35. The minimum absolute atomic E-state index is 0.0288. The van der Waals surface area contributed by atoms with E-state index in [9.17, 15) is 14.0 Å². The quantitative estimate of drug-likeness (QED) is 0.529. The monoisotopic (exact) mass is 423 g/mol. The van der Waals surface area contributed by atoms with Crippen LogP contribution in [0.25, 0.3) is 28.1 Å². The number of H-pyrrole nitrogens is 1. The van der Waals surface area contributed by atoms with E-state index < -0.39 is 11.4 Å². The topological polar surface area (TPSA) is 111 Å². The second kappa shape index (κ2) is 7.04. The van der Waals surface area contributed by atoms with Crippen molar-refractivity contribution in [1.82, 2.24) is 34.7 Å². The number of nitrogens with one attached hydrogen (secondary N) is 1. The number of aromatic nitrogens is 6. The Balaban J connectivity index is 1.66. The smallest absolute Gasteiger partial charge is 0.273 e. The molecule has 0 spiro atoms. The number of rotatable bonds is 3. The summed E-state index contributed by atoms with van der Waals surface area (Å²) in [6.45, 7) is 0.731. The normalized spacial score (nSPS) is 14.0. The van der Waals surface area contributed by atoms with E-state index in [0.717, 1.165) is 10.4 Å². The van der Waals surface area contributed by atoms with Gasteiger partial charge in [0.05, 0.1) is 12.6 Å². The van der Waals surface area contributed by atoms with Crippen LogP contribution in [0.2, 0.25) is 0 Å². The van der Waals surface area contributed by atoms with Crippen LogP contribution in [0.15, 0.2) is 35.1 Å². The van der Waals surface area contributed by atoms with Crippen molar-refractivity contribution in [2.24, 2.45) is 0 Å². The number of benzene rings is 1. The summed E-state index contributed by atoms with van der Waals surface area (Å²) in [6.07, 6.45) is 0.655. The van der Waals surface area contributed by atoms with Gasteiger partial charge in [-0.05, 0) is 18.2 Å². The van der Waals surface area contributed by atoms with Crippen molar-refractivity contribution in [3.8, 4) is 22.8 Å². The molecule has 1 aliphatic rings. The molecule has 0 bridgehead atoms. The highest BCUT2D eigenvalue weighted by atomic mass is 19.1. The Hall–Kier alpha value is -4.02. The molecule has 158 valence electrons. The molecule has 1 N–H and O–H groups in total. The number of halogens is 1. The van der Waals surface area contributed by atoms with Gasteiger partial charge in [0.1, 0.15) is 34.9 Å². The molecule has 1 aromatic carbocycles. The van der Waals surface area contributed by atoms with Gasteiger partial charge < -0.3 is 9.64 Å². The molecule has 0 radical (unpaired) electrons. The molecule has 4 aromatic rings. The number of nitrogens with zero attached hydrogens (tertiary/aromatic N) is 6. The summed E-state index contributed by atoms with van der Waals surface area (Å²) in [5.74, 6) is -0.496. The molecule has 0 atom stereocenters. The lowest BCUT2D eigenvalue weighted by molar-refractivity contribution is -0.130. The summed E-state index contributed by atoms with van der Waals surface area (Å²) in [5.41, 5.74) is 1.93. The number of aromatic amines is 1. The lowest BCUT2D eigenvalue weighted by Crippen LogP contribution is -2.28. The number of ether oxygens (including phenoxy) is 1. The van der Waals surface area contributed by atoms with Crippen molar-refractivity contribution < 1.29 is 13.9 Å². The maximum absolute atomic E-state index is 14.6. The number of fused-ring (bicyclic) bond motifs is 2. The molecular weight excluding hydrogens is 405 g/mol. The van der Waals surface area contributed by atoms with Gasteiger partial charge in [-0.25, -0.2) is 4.39 Å². The molecule has 3 aromatic heterocycles. The zero-order valence-corrected chi connectivity index (χ0v) is 16.8. The van der Waals surface area contributed by atoms with Gasteiger partial charge in [-0.3, -0.25) is 19.4 Å². The van der Waals surface area contributed by atoms with Crippen molar-refractivity contribution in [3.63, 3.8) is 0 Å². The molecule has 0 fully saturated rings. The highest BCUT2D eigenvalue weighted by molar-refractivity contribution is 5.88. The summed E-state index contributed by atoms with van der Waals surface area (Å²) in [5, 5.41) is 15.9. The van der Waals surface area contributed by atoms with Gasteiger partial charge in [0.15, 0.2) is 5.82 Å². The predicted molar refractivity (Wildman–Crippen MR) is 109 cm³/mol. The SMILES string of the molecule is COc1cccc(F)c1-n1nc2c(-c3cc4n(n3)CC(=O)N(C)CC4)n[nH]c2cc1=O. The Morgan fingerprint density at radius 2 is 2.03 bits per heavy atom. The van der Waals surface area contributed by atoms with Crippen molar-refractivity contribution in [3.05, 3.63) is 52.2 Å². The summed E-state index contributed by atoms with van der Waals surface area (Å²) in [7, 11) is 3.15. The fourth-order valence-corrected chi connectivity index (χ4v) is 3.66. The Labute approximate surface area is 174 Å². The Kier molecular flexibility index (Phi) is 4.31. The molecule has 31 heavy (non-hydrogen) atoms. The second-order valence-electron chi connectivity index (χ2n) is 7.26. The third kappa shape index (κ3) is 3.05. The third-order valence-electron chi connectivity index (χ3n) is 5.35. The molecule has 5 rings (SSSR count). The van der Waals surface area contributed by atoms with Crippen LogP contribution >= 0.6 is 0 Å². The lowest BCUT2D eigenvalue weighted by Gasteiger charge is -2.12. The fraction of sp³-hybridized carbons (Fsp3) is 0.250. The van der Waals surface area contributed by atoms with E-state index in [1.165, 1.54) is 25.3 Å². The van der Waals surface area contributed by atoms with Gasteiger partial charge in [-0.15, -0.1) is 0 Å². The van der Waals surface area contributed by atoms with E-state index >= 15 is 0 Å². The van der Waals surface area contributed by atoms with E-state index in [1.54, 1.807) is 22.7 Å². The van der Waals surface area contributed by atoms with Gasteiger partial charge in [0, 0.05) is 31.8 Å². The first-order chi connectivity index (χ1) is 15.0. The van der Waals surface area contributed by atoms with Gasteiger partial charge in [0.2, 0.25) is 5.91 Å². The van der Waals surface area contributed by atoms with Gasteiger partial charge >= 0.3 is 0 Å². The van der Waals surface area contributed by atoms with E-state index in [2.05, 4.69) is 20.4 Å². The van der Waals surface area contributed by atoms with Crippen molar-refractivity contribution in [2.45, 2.75) is 13.0 Å². The molecule has 10 nitrogen and oxygen atoms in total. The van der Waals surface area contributed by atoms with Crippen LogP contribution in [0, 0.1) is 5.82 Å². The number of hydrogen-bond donors (Lipinski definition) is 1. The summed E-state index contributed by atoms with van der Waals surface area (Å²) in [4.78, 5) is 26.5. The number of carbonyl (C=O) groups is 1. The number of hydrogen-bond acceptors (Lipinski definition) is 6. The van der Waals surface area contributed by atoms with Crippen molar-refractivity contribution in [1.29, 1.82) is 0 Å². The number of para-hydroxylation sites is 1. The van der Waals surface area contributed by atoms with Crippen LogP contribution in [-0.2, 0) is 17.8 Å². The first-order valence-electron chi connectivity index (χ1n) is 9.58. The van der Waals surface area contributed by atoms with Crippen LogP contribution in [-0.4, -0.2) is 61.3 Å². The van der Waals surface area contributed by atoms with Gasteiger partial charge in [-0.1, -0.05) is 6.07 Å². The molecule has 1 aliphatic heterocycles. The number of methoxy groups -OCH3 is 1. The molecule has 0 saturated carbocycles. The standard InChI is InChI=1S/C20H18FN7O3/c1-26-7-6-11-8-14(24-27(11)10-17(26)30)18-19-13(22-23-18)9-16(29)28(25-19)20-12(21)4-3-5-15(20)31-2/h3-5,8-9,22H,6-7,10H2,1-2H3. The molecule has 4 heterocycles. The summed E-state index contributed by atoms with van der Waals surface area (Å²) < 4.78 is 22.4. The van der Waals surface area contributed by atoms with E-state index in [4.69, 9.17) is 4.74 Å². The van der Waals surface area contributed by atoms with Crippen LogP contribution in [0.1, 0.15) is 5.69 Å². The van der Waals surface area contributed by atoms with E-state index in [1.807, 2.05) is 6.07 Å². The van der Waals surface area contributed by atoms with Crippen LogP contribution in [0.5, 0.6) is 5.75 Å². The Morgan fingerprint density at radius 1 is 1.19 bits per heavy atom. The molecular formula is C20H18FN7O3. The lowest BCUT2D eigenvalue weighted by atomic mass is 10.2. The first-order valence-corrected chi connectivity index (χ1v) is 9.58. The zero-order valence-electron chi connectivity index (χ0n) is 16.8. The Bertz CT molecular complexity index is 1390. The summed E-state index contributed by atoms with van der Waals surface area (Å²) >= 11 is 0. The highest BCUT2D eigenvalue weighted by Crippen LogP contribution is 2.27. The average Bonchev–Trinajstić information content (AvgIpc) is 3.31. The largest absolute Gasteiger partial charge is 0.494 e. The average molecular weight is 423 g/mol. The molecule has 0 aliphatic carbocycles. The maximum Gasteiger partial charge on any atom is 0.273 e. The minimum atomic E-state index is -0.644. The second-order valence-corrected chi connectivity index (χ2v) is 7.26. The van der Waals surface area contributed by atoms with Gasteiger partial charge in [0.25, 0.3) is 5.56 Å².